The lowest BCUT2D eigenvalue weighted by Crippen LogP contribution is -2.29. The van der Waals surface area contributed by atoms with Crippen molar-refractivity contribution in [2.75, 3.05) is 6.54 Å². The second kappa shape index (κ2) is 9.91. The second-order valence-corrected chi connectivity index (χ2v) is 7.81. The van der Waals surface area contributed by atoms with Gasteiger partial charge in [0.05, 0.1) is 28.7 Å². The Morgan fingerprint density at radius 1 is 1.12 bits per heavy atom. The normalized spacial score (nSPS) is 12.6. The molecule has 1 heterocycles. The largest absolute Gasteiger partial charge is 0.460 e. The molecule has 1 amide bonds. The summed E-state index contributed by atoms with van der Waals surface area (Å²) in [5.41, 5.74) is 13.4. The summed E-state index contributed by atoms with van der Waals surface area (Å²) >= 11 is 0. The lowest BCUT2D eigenvalue weighted by Gasteiger charge is -2.23. The van der Waals surface area contributed by atoms with E-state index in [-0.39, 0.29) is 17.4 Å². The number of hydrogen-bond donors (Lipinski definition) is 2. The summed E-state index contributed by atoms with van der Waals surface area (Å²) in [5, 5.41) is 18.8. The Balaban J connectivity index is 2.27. The lowest BCUT2D eigenvalue weighted by atomic mass is 9.83. The first kappa shape index (κ1) is 22.7. The van der Waals surface area contributed by atoms with Crippen LogP contribution >= 0.6 is 0 Å². The molecule has 0 radical (unpaired) electrons. The van der Waals surface area contributed by atoms with Gasteiger partial charge in [0, 0.05) is 23.8 Å². The first-order valence-corrected chi connectivity index (χ1v) is 10.4. The summed E-state index contributed by atoms with van der Waals surface area (Å²) < 4.78 is 6.21. The summed E-state index contributed by atoms with van der Waals surface area (Å²) in [7, 11) is 0. The molecule has 7 heteroatoms. The van der Waals surface area contributed by atoms with Gasteiger partial charge in [0.15, 0.2) is 5.43 Å². The minimum atomic E-state index is -0.592. The van der Waals surface area contributed by atoms with Crippen LogP contribution in [-0.4, -0.2) is 12.5 Å². The number of amides is 1. The minimum Gasteiger partial charge on any atom is -0.460 e. The molecule has 0 aliphatic heterocycles. The van der Waals surface area contributed by atoms with Gasteiger partial charge in [0.1, 0.15) is 11.3 Å². The van der Waals surface area contributed by atoms with Gasteiger partial charge in [-0.3, -0.25) is 9.59 Å². The average Bonchev–Trinajstić information content (AvgIpc) is 2.81. The number of fused-ring (bicyclic) bond motifs is 1. The fourth-order valence-corrected chi connectivity index (χ4v) is 3.88. The third-order valence-electron chi connectivity index (χ3n) is 5.69. The van der Waals surface area contributed by atoms with Crippen LogP contribution in [0.4, 0.5) is 0 Å². The molecule has 3 rings (SSSR count). The van der Waals surface area contributed by atoms with Crippen LogP contribution in [0.2, 0.25) is 0 Å². The zero-order chi connectivity index (χ0) is 23.3. The summed E-state index contributed by atoms with van der Waals surface area (Å²) in [4.78, 5) is 25.6. The third-order valence-corrected chi connectivity index (χ3v) is 5.69. The van der Waals surface area contributed by atoms with Crippen molar-refractivity contribution in [3.05, 3.63) is 80.7 Å². The van der Waals surface area contributed by atoms with Crippen molar-refractivity contribution in [3.63, 3.8) is 0 Å². The van der Waals surface area contributed by atoms with Crippen LogP contribution in [0.1, 0.15) is 53.7 Å². The standard InChI is InChI=1S/C25H24N4O3/c1-15(25(29)31)19(6-3-9-26)24-21(11-16-4-2-5-17(10-16)13-27)23(30)20-8-7-18(14-28)12-22(20)32-24/h2,4-5,7-8,10,12,15,19H,3,6,9,11,26H2,1H3,(H2,29,31). The predicted octanol–water partition coefficient (Wildman–Crippen LogP) is 3.07. The molecule has 4 N–H and O–H groups in total. The number of carbonyl (C=O) groups is 1. The molecule has 2 unspecified atom stereocenters. The van der Waals surface area contributed by atoms with Crippen LogP contribution in [0.25, 0.3) is 11.0 Å². The first-order chi connectivity index (χ1) is 15.4. The molecular weight excluding hydrogens is 404 g/mol. The Labute approximate surface area is 185 Å². The van der Waals surface area contributed by atoms with E-state index in [1.165, 1.54) is 6.07 Å². The van der Waals surface area contributed by atoms with E-state index in [1.54, 1.807) is 37.3 Å². The summed E-state index contributed by atoms with van der Waals surface area (Å²) in [6, 6.07) is 15.8. The molecular formula is C25H24N4O3. The van der Waals surface area contributed by atoms with Crippen LogP contribution < -0.4 is 16.9 Å². The maximum absolute atomic E-state index is 13.5. The lowest BCUT2D eigenvalue weighted by molar-refractivity contribution is -0.122. The molecule has 0 aliphatic rings. The van der Waals surface area contributed by atoms with Gasteiger partial charge >= 0.3 is 0 Å². The fraction of sp³-hybridized carbons (Fsp3) is 0.280. The smallest absolute Gasteiger partial charge is 0.220 e. The van der Waals surface area contributed by atoms with Crippen LogP contribution in [0.5, 0.6) is 0 Å². The van der Waals surface area contributed by atoms with E-state index in [0.29, 0.717) is 47.2 Å². The number of rotatable bonds is 8. The average molecular weight is 428 g/mol. The molecule has 0 spiro atoms. The van der Waals surface area contributed by atoms with Gasteiger partial charge in [-0.1, -0.05) is 19.1 Å². The Morgan fingerprint density at radius 2 is 1.84 bits per heavy atom. The van der Waals surface area contributed by atoms with E-state index in [1.807, 2.05) is 12.1 Å². The van der Waals surface area contributed by atoms with E-state index in [2.05, 4.69) is 6.07 Å². The maximum atomic E-state index is 13.5. The molecule has 0 saturated heterocycles. The van der Waals surface area contributed by atoms with E-state index in [4.69, 9.17) is 15.9 Å². The van der Waals surface area contributed by atoms with Gasteiger partial charge in [-0.15, -0.1) is 0 Å². The first-order valence-electron chi connectivity index (χ1n) is 10.4. The van der Waals surface area contributed by atoms with Gasteiger partial charge in [-0.2, -0.15) is 10.5 Å². The number of nitrogens with zero attached hydrogens (tertiary/aromatic N) is 2. The fourth-order valence-electron chi connectivity index (χ4n) is 3.88. The molecule has 1 aromatic heterocycles. The molecule has 7 nitrogen and oxygen atoms in total. The topological polar surface area (TPSA) is 147 Å². The van der Waals surface area contributed by atoms with E-state index < -0.39 is 17.7 Å². The Hall–Kier alpha value is -3.94. The molecule has 0 aliphatic carbocycles. The Morgan fingerprint density at radius 3 is 2.50 bits per heavy atom. The molecule has 0 bridgehead atoms. The maximum Gasteiger partial charge on any atom is 0.220 e. The molecule has 2 aromatic carbocycles. The number of primary amides is 1. The van der Waals surface area contributed by atoms with Crippen LogP contribution in [0.15, 0.2) is 51.7 Å². The van der Waals surface area contributed by atoms with Gasteiger partial charge in [-0.25, -0.2) is 0 Å². The summed E-state index contributed by atoms with van der Waals surface area (Å²) in [6.07, 6.45) is 1.36. The zero-order valence-electron chi connectivity index (χ0n) is 17.8. The SMILES string of the molecule is CC(C(N)=O)C(CCCN)c1oc2cc(C#N)ccc2c(=O)c1Cc1cccc(C#N)c1. The number of benzene rings is 2. The molecule has 0 saturated carbocycles. The molecule has 2 atom stereocenters. The van der Waals surface area contributed by atoms with Crippen molar-refractivity contribution < 1.29 is 9.21 Å². The number of nitrogens with two attached hydrogens (primary N) is 2. The third kappa shape index (κ3) is 4.69. The highest BCUT2D eigenvalue weighted by atomic mass is 16.3. The number of nitriles is 2. The highest BCUT2D eigenvalue weighted by molar-refractivity contribution is 5.80. The van der Waals surface area contributed by atoms with E-state index in [0.717, 1.165) is 5.56 Å². The second-order valence-electron chi connectivity index (χ2n) is 7.81. The van der Waals surface area contributed by atoms with Gasteiger partial charge < -0.3 is 15.9 Å². The monoisotopic (exact) mass is 428 g/mol. The van der Waals surface area contributed by atoms with Crippen LogP contribution in [-0.2, 0) is 11.2 Å². The highest BCUT2D eigenvalue weighted by Crippen LogP contribution is 2.34. The van der Waals surface area contributed by atoms with Crippen molar-refractivity contribution in [2.24, 2.45) is 17.4 Å². The van der Waals surface area contributed by atoms with Crippen molar-refractivity contribution in [2.45, 2.75) is 32.1 Å². The molecule has 0 fully saturated rings. The quantitative estimate of drug-likeness (QED) is 0.563. The Kier molecular flexibility index (Phi) is 7.04. The van der Waals surface area contributed by atoms with Gasteiger partial charge in [0.25, 0.3) is 0 Å². The molecule has 3 aromatic rings. The van der Waals surface area contributed by atoms with Gasteiger partial charge in [-0.05, 0) is 55.3 Å². The predicted molar refractivity (Wildman–Crippen MR) is 121 cm³/mol. The van der Waals surface area contributed by atoms with Crippen molar-refractivity contribution >= 4 is 16.9 Å². The summed E-state index contributed by atoms with van der Waals surface area (Å²) in [6.45, 7) is 2.12. The van der Waals surface area contributed by atoms with Crippen LogP contribution in [0.3, 0.4) is 0 Å². The number of carbonyl (C=O) groups excluding carboxylic acids is 1. The van der Waals surface area contributed by atoms with Crippen molar-refractivity contribution in [1.82, 2.24) is 0 Å². The van der Waals surface area contributed by atoms with E-state index in [9.17, 15) is 20.1 Å². The van der Waals surface area contributed by atoms with Gasteiger partial charge in [0.2, 0.25) is 5.91 Å². The Bertz CT molecular complexity index is 1300. The summed E-state index contributed by atoms with van der Waals surface area (Å²) in [5.74, 6) is -1.17. The molecule has 32 heavy (non-hydrogen) atoms. The van der Waals surface area contributed by atoms with E-state index >= 15 is 0 Å². The van der Waals surface area contributed by atoms with Crippen molar-refractivity contribution in [1.29, 1.82) is 10.5 Å². The highest BCUT2D eigenvalue weighted by Gasteiger charge is 2.30. The van der Waals surface area contributed by atoms with Crippen LogP contribution in [0, 0.1) is 28.6 Å². The minimum absolute atomic E-state index is 0.230. The number of hydrogen-bond acceptors (Lipinski definition) is 6. The zero-order valence-corrected chi connectivity index (χ0v) is 17.8. The van der Waals surface area contributed by atoms with Crippen molar-refractivity contribution in [3.8, 4) is 12.1 Å². The molecule has 162 valence electrons.